The maximum absolute atomic E-state index is 13.2. The van der Waals surface area contributed by atoms with Gasteiger partial charge in [-0.15, -0.1) is 5.10 Å². The lowest BCUT2D eigenvalue weighted by Gasteiger charge is -2.19. The molecule has 2 atom stereocenters. The zero-order valence-electron chi connectivity index (χ0n) is 16.7. The van der Waals surface area contributed by atoms with Crippen molar-refractivity contribution in [2.75, 3.05) is 23.9 Å². The lowest BCUT2D eigenvalue weighted by atomic mass is 9.98. The van der Waals surface area contributed by atoms with Gasteiger partial charge in [-0.1, -0.05) is 11.2 Å². The van der Waals surface area contributed by atoms with Crippen LogP contribution >= 0.6 is 0 Å². The van der Waals surface area contributed by atoms with Crippen LogP contribution in [0.25, 0.3) is 11.5 Å². The zero-order valence-corrected chi connectivity index (χ0v) is 16.7. The number of nitrogens with zero attached hydrogens (tertiary/aromatic N) is 4. The van der Waals surface area contributed by atoms with Crippen LogP contribution in [0, 0.1) is 0 Å². The minimum Gasteiger partial charge on any atom is -0.495 e. The number of anilines is 2. The first kappa shape index (κ1) is 19.2. The number of ether oxygens (including phenoxy) is 1. The molecular formula is C21H24FN5O2. The highest BCUT2D eigenvalue weighted by Crippen LogP contribution is 2.34. The van der Waals surface area contributed by atoms with Crippen LogP contribution in [-0.4, -0.2) is 42.3 Å². The largest absolute Gasteiger partial charge is 0.495 e. The fourth-order valence-corrected chi connectivity index (χ4v) is 3.45. The van der Waals surface area contributed by atoms with Gasteiger partial charge in [0.15, 0.2) is 0 Å². The minimum atomic E-state index is -0.0897. The molecule has 1 aliphatic carbocycles. The van der Waals surface area contributed by atoms with Crippen LogP contribution in [0.1, 0.15) is 26.7 Å². The summed E-state index contributed by atoms with van der Waals surface area (Å²) in [6, 6.07) is 6.33. The molecule has 29 heavy (non-hydrogen) atoms. The SMILES string of the molecule is COc1cc(-c2nnc(NC(C)C3=CC=C(F)CC3)o2)ccc1N1C=NC(C)C1. The fourth-order valence-electron chi connectivity index (χ4n) is 3.45. The van der Waals surface area contributed by atoms with Crippen molar-refractivity contribution >= 4 is 18.0 Å². The van der Waals surface area contributed by atoms with Gasteiger partial charge < -0.3 is 19.4 Å². The van der Waals surface area contributed by atoms with E-state index in [0.29, 0.717) is 30.5 Å². The molecule has 1 aromatic carbocycles. The van der Waals surface area contributed by atoms with Crippen LogP contribution < -0.4 is 15.0 Å². The van der Waals surface area contributed by atoms with E-state index in [4.69, 9.17) is 9.15 Å². The predicted octanol–water partition coefficient (Wildman–Crippen LogP) is 4.36. The van der Waals surface area contributed by atoms with Crippen LogP contribution in [0.15, 0.2) is 51.2 Å². The molecule has 1 aromatic heterocycles. The van der Waals surface area contributed by atoms with Crippen LogP contribution in [-0.2, 0) is 0 Å². The first-order valence-electron chi connectivity index (χ1n) is 9.67. The Morgan fingerprint density at radius 1 is 1.28 bits per heavy atom. The number of halogens is 1. The van der Waals surface area contributed by atoms with Gasteiger partial charge in [0.2, 0.25) is 5.89 Å². The molecule has 0 saturated carbocycles. The maximum atomic E-state index is 13.2. The molecule has 0 radical (unpaired) electrons. The smallest absolute Gasteiger partial charge is 0.316 e. The summed E-state index contributed by atoms with van der Waals surface area (Å²) in [6.45, 7) is 4.88. The molecule has 1 N–H and O–H groups in total. The number of hydrogen-bond acceptors (Lipinski definition) is 7. The molecular weight excluding hydrogens is 373 g/mol. The predicted molar refractivity (Wildman–Crippen MR) is 111 cm³/mol. The minimum absolute atomic E-state index is 0.0268. The van der Waals surface area contributed by atoms with Gasteiger partial charge in [0.05, 0.1) is 25.2 Å². The lowest BCUT2D eigenvalue weighted by molar-refractivity contribution is 0.415. The van der Waals surface area contributed by atoms with Gasteiger partial charge in [0.1, 0.15) is 11.6 Å². The topological polar surface area (TPSA) is 75.8 Å². The van der Waals surface area contributed by atoms with E-state index < -0.39 is 0 Å². The Morgan fingerprint density at radius 2 is 2.14 bits per heavy atom. The van der Waals surface area contributed by atoms with Crippen molar-refractivity contribution in [1.82, 2.24) is 10.2 Å². The Labute approximate surface area is 169 Å². The Morgan fingerprint density at radius 3 is 2.83 bits per heavy atom. The maximum Gasteiger partial charge on any atom is 0.316 e. The van der Waals surface area contributed by atoms with Gasteiger partial charge in [-0.3, -0.25) is 4.99 Å². The number of hydrogen-bond donors (Lipinski definition) is 1. The average Bonchev–Trinajstić information content (AvgIpc) is 3.37. The van der Waals surface area contributed by atoms with E-state index in [9.17, 15) is 4.39 Å². The molecule has 4 rings (SSSR count). The van der Waals surface area contributed by atoms with Crippen LogP contribution in [0.2, 0.25) is 0 Å². The fraction of sp³-hybridized carbons (Fsp3) is 0.381. The summed E-state index contributed by atoms with van der Waals surface area (Å²) in [7, 11) is 1.64. The number of allylic oxidation sites excluding steroid dienone is 3. The Bertz CT molecular complexity index is 981. The van der Waals surface area contributed by atoms with E-state index in [1.807, 2.05) is 31.5 Å². The van der Waals surface area contributed by atoms with E-state index >= 15 is 0 Å². The number of rotatable bonds is 6. The summed E-state index contributed by atoms with van der Waals surface area (Å²) >= 11 is 0. The number of benzene rings is 1. The molecule has 152 valence electrons. The highest BCUT2D eigenvalue weighted by Gasteiger charge is 2.20. The summed E-state index contributed by atoms with van der Waals surface area (Å²) in [4.78, 5) is 6.45. The number of aromatic nitrogens is 2. The Hall–Kier alpha value is -3.16. The molecule has 0 spiro atoms. The molecule has 8 heteroatoms. The van der Waals surface area contributed by atoms with E-state index in [1.54, 1.807) is 13.2 Å². The summed E-state index contributed by atoms with van der Waals surface area (Å²) in [5.41, 5.74) is 2.81. The van der Waals surface area contributed by atoms with Gasteiger partial charge in [-0.25, -0.2) is 4.39 Å². The average molecular weight is 397 g/mol. The molecule has 2 aromatic rings. The quantitative estimate of drug-likeness (QED) is 0.781. The molecule has 0 saturated heterocycles. The van der Waals surface area contributed by atoms with Crippen LogP contribution in [0.3, 0.4) is 0 Å². The second-order valence-corrected chi connectivity index (χ2v) is 7.29. The summed E-state index contributed by atoms with van der Waals surface area (Å²) in [5, 5.41) is 11.4. The number of nitrogens with one attached hydrogen (secondary N) is 1. The van der Waals surface area contributed by atoms with Gasteiger partial charge in [-0.05, 0) is 50.1 Å². The molecule has 2 unspecified atom stereocenters. The van der Waals surface area contributed by atoms with Gasteiger partial charge in [0.25, 0.3) is 0 Å². The first-order chi connectivity index (χ1) is 14.0. The zero-order chi connectivity index (χ0) is 20.4. The van der Waals surface area contributed by atoms with E-state index in [0.717, 1.165) is 23.4 Å². The second-order valence-electron chi connectivity index (χ2n) is 7.29. The third-order valence-electron chi connectivity index (χ3n) is 5.11. The van der Waals surface area contributed by atoms with Crippen molar-refractivity contribution in [1.29, 1.82) is 0 Å². The van der Waals surface area contributed by atoms with E-state index in [-0.39, 0.29) is 17.9 Å². The van der Waals surface area contributed by atoms with Crippen molar-refractivity contribution in [3.8, 4) is 17.2 Å². The normalized spacial score (nSPS) is 19.7. The molecule has 2 aliphatic rings. The first-order valence-corrected chi connectivity index (χ1v) is 9.67. The lowest BCUT2D eigenvalue weighted by Crippen LogP contribution is -2.21. The number of methoxy groups -OCH3 is 1. The molecule has 2 heterocycles. The van der Waals surface area contributed by atoms with Gasteiger partial charge in [0, 0.05) is 24.6 Å². The van der Waals surface area contributed by atoms with Crippen molar-refractivity contribution in [2.45, 2.75) is 38.8 Å². The molecule has 1 aliphatic heterocycles. The summed E-state index contributed by atoms with van der Waals surface area (Å²) < 4.78 is 24.5. The highest BCUT2D eigenvalue weighted by molar-refractivity contribution is 5.85. The van der Waals surface area contributed by atoms with Crippen molar-refractivity contribution in [3.05, 3.63) is 41.8 Å². The van der Waals surface area contributed by atoms with Crippen molar-refractivity contribution in [3.63, 3.8) is 0 Å². The van der Waals surface area contributed by atoms with E-state index in [2.05, 4.69) is 32.3 Å². The van der Waals surface area contributed by atoms with Crippen LogP contribution in [0.4, 0.5) is 16.1 Å². The van der Waals surface area contributed by atoms with Crippen molar-refractivity contribution < 1.29 is 13.5 Å². The van der Waals surface area contributed by atoms with Crippen molar-refractivity contribution in [2.24, 2.45) is 4.99 Å². The Kier molecular flexibility index (Phi) is 5.33. The van der Waals surface area contributed by atoms with Gasteiger partial charge in [-0.2, -0.15) is 0 Å². The molecule has 7 nitrogen and oxygen atoms in total. The van der Waals surface area contributed by atoms with Gasteiger partial charge >= 0.3 is 6.01 Å². The molecule has 0 amide bonds. The van der Waals surface area contributed by atoms with Crippen LogP contribution in [0.5, 0.6) is 5.75 Å². The molecule has 0 bridgehead atoms. The van der Waals surface area contributed by atoms with E-state index in [1.165, 1.54) is 6.08 Å². The summed E-state index contributed by atoms with van der Waals surface area (Å²) in [5.74, 6) is 1.02. The third-order valence-corrected chi connectivity index (χ3v) is 5.11. The third kappa shape index (κ3) is 4.16. The Balaban J connectivity index is 1.50. The summed E-state index contributed by atoms with van der Waals surface area (Å²) in [6.07, 6.45) is 6.25. The number of aliphatic imine (C=N–C) groups is 1. The monoisotopic (exact) mass is 397 g/mol. The standard InChI is InChI=1S/C21H24FN5O2/c1-13-11-27(12-23-13)18-9-6-16(10-19(18)28-3)20-25-26-21(29-20)24-14(2)15-4-7-17(22)8-5-15/h4,6-7,9-10,12-14H,5,8,11H2,1-3H3,(H,24,26). The second kappa shape index (κ2) is 8.06. The molecule has 0 fully saturated rings. The highest BCUT2D eigenvalue weighted by atomic mass is 19.1.